The van der Waals surface area contributed by atoms with Gasteiger partial charge in [-0.3, -0.25) is 0 Å². The first-order valence-corrected chi connectivity index (χ1v) is 6.63. The van der Waals surface area contributed by atoms with E-state index in [2.05, 4.69) is 48.5 Å². The molecule has 2 nitrogen and oxygen atoms in total. The molecule has 4 N–H and O–H groups in total. The van der Waals surface area contributed by atoms with Gasteiger partial charge in [-0.2, -0.15) is 0 Å². The van der Waals surface area contributed by atoms with E-state index in [1.54, 1.807) is 0 Å². The molecule has 0 heterocycles. The predicted octanol–water partition coefficient (Wildman–Crippen LogP) is 4.31. The van der Waals surface area contributed by atoms with Crippen molar-refractivity contribution in [3.8, 4) is 0 Å². The first-order valence-electron chi connectivity index (χ1n) is 6.63. The molecule has 0 aliphatic rings. The van der Waals surface area contributed by atoms with Crippen LogP contribution in [0.25, 0.3) is 32.3 Å². The van der Waals surface area contributed by atoms with Crippen LogP contribution >= 0.6 is 0 Å². The Hall–Kier alpha value is -2.74. The van der Waals surface area contributed by atoms with Crippen molar-refractivity contribution in [2.45, 2.75) is 0 Å². The fourth-order valence-electron chi connectivity index (χ4n) is 2.91. The number of anilines is 2. The van der Waals surface area contributed by atoms with Gasteiger partial charge in [0.05, 0.1) is 11.4 Å². The summed E-state index contributed by atoms with van der Waals surface area (Å²) in [6.07, 6.45) is 0. The summed E-state index contributed by atoms with van der Waals surface area (Å²) in [5, 5.41) is 7.26. The quantitative estimate of drug-likeness (QED) is 0.365. The van der Waals surface area contributed by atoms with Gasteiger partial charge in [0.15, 0.2) is 0 Å². The van der Waals surface area contributed by atoms with E-state index in [-0.39, 0.29) is 0 Å². The maximum Gasteiger partial charge on any atom is 0.0554 e. The Balaban J connectivity index is 2.25. The Bertz CT molecular complexity index is 971. The summed E-state index contributed by atoms with van der Waals surface area (Å²) in [5.74, 6) is 0. The van der Waals surface area contributed by atoms with Gasteiger partial charge in [-0.05, 0) is 44.5 Å². The highest BCUT2D eigenvalue weighted by Crippen LogP contribution is 2.33. The maximum absolute atomic E-state index is 5.96. The van der Waals surface area contributed by atoms with Crippen LogP contribution in [0, 0.1) is 0 Å². The first-order chi connectivity index (χ1) is 9.74. The number of hydrogen-bond donors (Lipinski definition) is 2. The molecule has 4 aromatic carbocycles. The Morgan fingerprint density at radius 1 is 0.500 bits per heavy atom. The second-order valence-corrected chi connectivity index (χ2v) is 5.15. The molecule has 2 heteroatoms. The van der Waals surface area contributed by atoms with Crippen LogP contribution in [0.5, 0.6) is 0 Å². The summed E-state index contributed by atoms with van der Waals surface area (Å²) in [6, 6.07) is 20.9. The van der Waals surface area contributed by atoms with Crippen LogP contribution in [0.1, 0.15) is 0 Å². The minimum Gasteiger partial charge on any atom is -0.397 e. The van der Waals surface area contributed by atoms with Gasteiger partial charge in [-0.1, -0.05) is 48.5 Å². The van der Waals surface area contributed by atoms with E-state index in [1.807, 2.05) is 12.1 Å². The van der Waals surface area contributed by atoms with Gasteiger partial charge >= 0.3 is 0 Å². The molecule has 0 saturated carbocycles. The monoisotopic (exact) mass is 258 g/mol. The molecule has 0 fully saturated rings. The predicted molar refractivity (Wildman–Crippen MR) is 87.8 cm³/mol. The topological polar surface area (TPSA) is 52.0 Å². The summed E-state index contributed by atoms with van der Waals surface area (Å²) in [6.45, 7) is 0. The molecule has 4 rings (SSSR count). The molecule has 0 aliphatic heterocycles. The Labute approximate surface area is 116 Å². The van der Waals surface area contributed by atoms with Crippen molar-refractivity contribution in [1.29, 1.82) is 0 Å². The molecule has 0 atom stereocenters. The third-order valence-electron chi connectivity index (χ3n) is 3.95. The number of nitrogen functional groups attached to an aromatic ring is 2. The number of benzene rings is 4. The van der Waals surface area contributed by atoms with Crippen LogP contribution in [-0.2, 0) is 0 Å². The van der Waals surface area contributed by atoms with E-state index in [0.29, 0.717) is 11.4 Å². The average Bonchev–Trinajstić information content (AvgIpc) is 2.48. The van der Waals surface area contributed by atoms with Crippen molar-refractivity contribution < 1.29 is 0 Å². The van der Waals surface area contributed by atoms with Crippen LogP contribution in [0.2, 0.25) is 0 Å². The van der Waals surface area contributed by atoms with Gasteiger partial charge in [0.1, 0.15) is 0 Å². The van der Waals surface area contributed by atoms with Crippen molar-refractivity contribution in [1.82, 2.24) is 0 Å². The molecule has 0 unspecified atom stereocenters. The lowest BCUT2D eigenvalue weighted by atomic mass is 9.96. The van der Waals surface area contributed by atoms with Crippen LogP contribution < -0.4 is 11.5 Å². The molecule has 20 heavy (non-hydrogen) atoms. The third kappa shape index (κ3) is 1.45. The maximum atomic E-state index is 5.96. The number of fused-ring (bicyclic) bond motifs is 5. The van der Waals surface area contributed by atoms with Gasteiger partial charge in [-0.15, -0.1) is 0 Å². The van der Waals surface area contributed by atoms with Crippen molar-refractivity contribution in [3.05, 3.63) is 60.7 Å². The fourth-order valence-corrected chi connectivity index (χ4v) is 2.91. The average molecular weight is 258 g/mol. The smallest absolute Gasteiger partial charge is 0.0554 e. The minimum absolute atomic E-state index is 0.637. The lowest BCUT2D eigenvalue weighted by Gasteiger charge is -2.09. The lowest BCUT2D eigenvalue weighted by Crippen LogP contribution is -1.94. The number of rotatable bonds is 0. The largest absolute Gasteiger partial charge is 0.397 e. The van der Waals surface area contributed by atoms with Gasteiger partial charge in [0, 0.05) is 0 Å². The summed E-state index contributed by atoms with van der Waals surface area (Å²) in [7, 11) is 0. The second kappa shape index (κ2) is 3.87. The fraction of sp³-hybridized carbons (Fsp3) is 0. The summed E-state index contributed by atoms with van der Waals surface area (Å²) in [4.78, 5) is 0. The summed E-state index contributed by atoms with van der Waals surface area (Å²) in [5.41, 5.74) is 13.1. The number of hydrogen-bond acceptors (Lipinski definition) is 2. The Kier molecular flexibility index (Phi) is 2.15. The van der Waals surface area contributed by atoms with E-state index >= 15 is 0 Å². The molecule has 0 aromatic heterocycles. The molecule has 0 spiro atoms. The van der Waals surface area contributed by atoms with E-state index in [4.69, 9.17) is 11.5 Å². The first kappa shape index (κ1) is 11.1. The Morgan fingerprint density at radius 2 is 1.15 bits per heavy atom. The van der Waals surface area contributed by atoms with E-state index in [9.17, 15) is 0 Å². The second-order valence-electron chi connectivity index (χ2n) is 5.15. The molecular formula is C18H14N2. The van der Waals surface area contributed by atoms with Crippen LogP contribution in [0.4, 0.5) is 11.4 Å². The zero-order chi connectivity index (χ0) is 13.7. The van der Waals surface area contributed by atoms with Gasteiger partial charge < -0.3 is 11.5 Å². The van der Waals surface area contributed by atoms with Crippen molar-refractivity contribution in [2.24, 2.45) is 0 Å². The Morgan fingerprint density at radius 3 is 2.00 bits per heavy atom. The summed E-state index contributed by atoms with van der Waals surface area (Å²) < 4.78 is 0. The minimum atomic E-state index is 0.637. The zero-order valence-electron chi connectivity index (χ0n) is 10.9. The van der Waals surface area contributed by atoms with Gasteiger partial charge in [0.25, 0.3) is 0 Å². The van der Waals surface area contributed by atoms with Crippen LogP contribution in [-0.4, -0.2) is 0 Å². The molecular weight excluding hydrogens is 244 g/mol. The van der Waals surface area contributed by atoms with Gasteiger partial charge in [0.2, 0.25) is 0 Å². The number of nitrogens with two attached hydrogens (primary N) is 2. The molecule has 0 bridgehead atoms. The lowest BCUT2D eigenvalue weighted by molar-refractivity contribution is 1.72. The standard InChI is InChI=1S/C18H14N2/c19-17-9-12-6-8-14-13-4-2-1-3-11(13)5-7-15(14)16(12)10-18(17)20/h1-10H,19-20H2. The molecule has 0 radical (unpaired) electrons. The molecule has 0 amide bonds. The molecule has 4 aromatic rings. The van der Waals surface area contributed by atoms with Gasteiger partial charge in [-0.25, -0.2) is 0 Å². The van der Waals surface area contributed by atoms with E-state index in [0.717, 1.165) is 10.8 Å². The highest BCUT2D eigenvalue weighted by Gasteiger charge is 2.06. The van der Waals surface area contributed by atoms with Crippen molar-refractivity contribution in [2.75, 3.05) is 11.5 Å². The molecule has 0 saturated heterocycles. The van der Waals surface area contributed by atoms with Crippen molar-refractivity contribution >= 4 is 43.7 Å². The normalized spacial score (nSPS) is 11.4. The third-order valence-corrected chi connectivity index (χ3v) is 3.95. The van der Waals surface area contributed by atoms with Crippen LogP contribution in [0.15, 0.2) is 60.7 Å². The molecule has 96 valence electrons. The van der Waals surface area contributed by atoms with Crippen molar-refractivity contribution in [3.63, 3.8) is 0 Å². The van der Waals surface area contributed by atoms with E-state index < -0.39 is 0 Å². The SMILES string of the molecule is Nc1cc2ccc3c4ccccc4ccc3c2cc1N. The molecule has 0 aliphatic carbocycles. The highest BCUT2D eigenvalue weighted by atomic mass is 14.7. The van der Waals surface area contributed by atoms with E-state index in [1.165, 1.54) is 21.5 Å². The van der Waals surface area contributed by atoms with Crippen LogP contribution in [0.3, 0.4) is 0 Å². The zero-order valence-corrected chi connectivity index (χ0v) is 10.9. The highest BCUT2D eigenvalue weighted by molar-refractivity contribution is 6.18. The summed E-state index contributed by atoms with van der Waals surface area (Å²) >= 11 is 0.